The number of rotatable bonds is 6. The van der Waals surface area contributed by atoms with Gasteiger partial charge in [0.2, 0.25) is 0 Å². The average molecular weight is 467 g/mol. The first-order chi connectivity index (χ1) is 17.1. The summed E-state index contributed by atoms with van der Waals surface area (Å²) in [6.07, 6.45) is 2.26. The molecule has 2 aliphatic rings. The predicted octanol–water partition coefficient (Wildman–Crippen LogP) is 3.76. The van der Waals surface area contributed by atoms with E-state index in [0.717, 1.165) is 35.9 Å². The maximum Gasteiger partial charge on any atom is 0.261 e. The molecule has 1 aromatic heterocycles. The number of aromatic amines is 1. The number of imidazole rings is 1. The van der Waals surface area contributed by atoms with Gasteiger partial charge in [-0.2, -0.15) is 0 Å². The van der Waals surface area contributed by atoms with Crippen molar-refractivity contribution in [3.05, 3.63) is 101 Å². The van der Waals surface area contributed by atoms with Crippen molar-refractivity contribution in [2.75, 3.05) is 0 Å². The van der Waals surface area contributed by atoms with Crippen LogP contribution in [0.3, 0.4) is 0 Å². The summed E-state index contributed by atoms with van der Waals surface area (Å²) in [5.41, 5.74) is 4.67. The summed E-state index contributed by atoms with van der Waals surface area (Å²) in [5.74, 6) is 0.00860. The second kappa shape index (κ2) is 8.76. The Labute approximate surface area is 202 Å². The smallest absolute Gasteiger partial charge is 0.261 e. The topological polar surface area (TPSA) is 98.3 Å². The molecule has 3 aromatic carbocycles. The summed E-state index contributed by atoms with van der Waals surface area (Å²) < 4.78 is 0. The third-order valence-corrected chi connectivity index (χ3v) is 7.06. The second-order valence-electron chi connectivity index (χ2n) is 9.38. The summed E-state index contributed by atoms with van der Waals surface area (Å²) in [4.78, 5) is 34.5. The Bertz CT molecular complexity index is 1380. The number of carbonyl (C=O) groups is 2. The molecule has 3 atom stereocenters. The first-order valence-corrected chi connectivity index (χ1v) is 12.0. The van der Waals surface area contributed by atoms with Crippen LogP contribution in [0.15, 0.2) is 72.8 Å². The fourth-order valence-electron chi connectivity index (χ4n) is 5.27. The van der Waals surface area contributed by atoms with Crippen LogP contribution >= 0.6 is 0 Å². The maximum atomic E-state index is 12.7. The van der Waals surface area contributed by atoms with Gasteiger partial charge >= 0.3 is 0 Å². The molecule has 0 spiro atoms. The van der Waals surface area contributed by atoms with Crippen LogP contribution in [0.4, 0.5) is 0 Å². The van der Waals surface area contributed by atoms with Crippen molar-refractivity contribution < 1.29 is 14.7 Å². The SMILES string of the molecule is O=C1c2ccccc2C(=O)N1Cc1nc2ccc(C[C@@H]3CC[C@H]([C@H](O)c4ccccc4)N3)cc2[nH]1. The summed E-state index contributed by atoms with van der Waals surface area (Å²) >= 11 is 0. The number of imide groups is 1. The molecule has 2 aliphatic heterocycles. The summed E-state index contributed by atoms with van der Waals surface area (Å²) in [6.45, 7) is 0.111. The highest BCUT2D eigenvalue weighted by molar-refractivity contribution is 6.21. The van der Waals surface area contributed by atoms with Crippen molar-refractivity contribution in [1.29, 1.82) is 0 Å². The van der Waals surface area contributed by atoms with Gasteiger partial charge < -0.3 is 15.4 Å². The molecule has 3 N–H and O–H groups in total. The lowest BCUT2D eigenvalue weighted by atomic mass is 10.0. The minimum Gasteiger partial charge on any atom is -0.387 e. The number of nitrogens with zero attached hydrogens (tertiary/aromatic N) is 2. The molecular weight excluding hydrogens is 440 g/mol. The van der Waals surface area contributed by atoms with Crippen LogP contribution in [0.2, 0.25) is 0 Å². The third-order valence-electron chi connectivity index (χ3n) is 7.06. The Morgan fingerprint density at radius 1 is 0.943 bits per heavy atom. The largest absolute Gasteiger partial charge is 0.387 e. The van der Waals surface area contributed by atoms with Crippen LogP contribution in [-0.2, 0) is 13.0 Å². The van der Waals surface area contributed by atoms with Crippen LogP contribution in [0.1, 0.15) is 56.6 Å². The Morgan fingerprint density at radius 3 is 2.40 bits per heavy atom. The van der Waals surface area contributed by atoms with Crippen molar-refractivity contribution in [2.24, 2.45) is 0 Å². The summed E-state index contributed by atoms with van der Waals surface area (Å²) in [6, 6.07) is 23.1. The van der Waals surface area contributed by atoms with E-state index in [9.17, 15) is 14.7 Å². The van der Waals surface area contributed by atoms with Gasteiger partial charge in [-0.3, -0.25) is 14.5 Å². The number of amides is 2. The number of hydrogen-bond donors (Lipinski definition) is 3. The van der Waals surface area contributed by atoms with Crippen LogP contribution in [-0.4, -0.2) is 43.9 Å². The molecule has 0 aliphatic carbocycles. The standard InChI is InChI=1S/C28H26N4O3/c33-26(18-6-2-1-3-7-18)23-13-11-19(29-23)14-17-10-12-22-24(15-17)31-25(30-22)16-32-27(34)20-8-4-5-9-21(20)28(32)35/h1-10,12,15,19,23,26,29,33H,11,13-14,16H2,(H,30,31)/t19-,23+,26+/m0/s1. The molecule has 3 heterocycles. The van der Waals surface area contributed by atoms with E-state index in [1.54, 1.807) is 24.3 Å². The Balaban J connectivity index is 1.13. The first kappa shape index (κ1) is 21.7. The molecule has 0 unspecified atom stereocenters. The van der Waals surface area contributed by atoms with Gasteiger partial charge in [-0.05, 0) is 54.7 Å². The maximum absolute atomic E-state index is 12.7. The lowest BCUT2D eigenvalue weighted by Gasteiger charge is -2.20. The van der Waals surface area contributed by atoms with Crippen LogP contribution in [0.25, 0.3) is 11.0 Å². The highest BCUT2D eigenvalue weighted by atomic mass is 16.3. The van der Waals surface area contributed by atoms with Crippen molar-refractivity contribution in [3.63, 3.8) is 0 Å². The lowest BCUT2D eigenvalue weighted by molar-refractivity contribution is 0.0638. The molecule has 7 nitrogen and oxygen atoms in total. The van der Waals surface area contributed by atoms with Crippen LogP contribution in [0, 0.1) is 0 Å². The van der Waals surface area contributed by atoms with Gasteiger partial charge in [0.1, 0.15) is 5.82 Å². The highest BCUT2D eigenvalue weighted by Crippen LogP contribution is 2.28. The fourth-order valence-corrected chi connectivity index (χ4v) is 5.27. The lowest BCUT2D eigenvalue weighted by Crippen LogP contribution is -2.35. The fraction of sp³-hybridized carbons (Fsp3) is 0.250. The zero-order valence-electron chi connectivity index (χ0n) is 19.1. The molecule has 1 saturated heterocycles. The zero-order chi connectivity index (χ0) is 23.9. The van der Waals surface area contributed by atoms with Crippen LogP contribution < -0.4 is 5.32 Å². The normalized spacial score (nSPS) is 20.5. The Morgan fingerprint density at radius 2 is 1.66 bits per heavy atom. The molecule has 2 amide bonds. The molecule has 0 radical (unpaired) electrons. The van der Waals surface area contributed by atoms with Crippen LogP contribution in [0.5, 0.6) is 0 Å². The van der Waals surface area contributed by atoms with Gasteiger partial charge in [-0.25, -0.2) is 4.98 Å². The van der Waals surface area contributed by atoms with E-state index < -0.39 is 6.10 Å². The second-order valence-corrected chi connectivity index (χ2v) is 9.38. The minimum atomic E-state index is -0.513. The van der Waals surface area contributed by atoms with Gasteiger partial charge in [-0.1, -0.05) is 48.5 Å². The number of fused-ring (bicyclic) bond motifs is 2. The van der Waals surface area contributed by atoms with Crippen molar-refractivity contribution in [1.82, 2.24) is 20.2 Å². The molecule has 4 aromatic rings. The average Bonchev–Trinajstić information content (AvgIpc) is 3.58. The molecule has 0 bridgehead atoms. The van der Waals surface area contributed by atoms with E-state index in [4.69, 9.17) is 0 Å². The number of benzene rings is 3. The predicted molar refractivity (Wildman–Crippen MR) is 132 cm³/mol. The zero-order valence-corrected chi connectivity index (χ0v) is 19.1. The monoisotopic (exact) mass is 466 g/mol. The Kier molecular flexibility index (Phi) is 5.43. The van der Waals surface area contributed by atoms with E-state index in [0.29, 0.717) is 17.0 Å². The number of hydrogen-bond acceptors (Lipinski definition) is 5. The van der Waals surface area contributed by atoms with Crippen molar-refractivity contribution in [3.8, 4) is 0 Å². The molecule has 0 saturated carbocycles. The van der Waals surface area contributed by atoms with Gasteiger partial charge in [0.05, 0.1) is 34.8 Å². The first-order valence-electron chi connectivity index (χ1n) is 12.0. The molecule has 35 heavy (non-hydrogen) atoms. The molecular formula is C28H26N4O3. The number of H-pyrrole nitrogens is 1. The molecule has 6 rings (SSSR count). The number of aliphatic hydroxyl groups is 1. The van der Waals surface area contributed by atoms with Gasteiger partial charge in [0.15, 0.2) is 0 Å². The quantitative estimate of drug-likeness (QED) is 0.376. The van der Waals surface area contributed by atoms with E-state index in [-0.39, 0.29) is 30.4 Å². The van der Waals surface area contributed by atoms with E-state index in [1.807, 2.05) is 36.4 Å². The van der Waals surface area contributed by atoms with Gasteiger partial charge in [0, 0.05) is 12.1 Å². The van der Waals surface area contributed by atoms with Gasteiger partial charge in [0.25, 0.3) is 11.8 Å². The van der Waals surface area contributed by atoms with E-state index >= 15 is 0 Å². The molecule has 7 heteroatoms. The third kappa shape index (κ3) is 4.03. The van der Waals surface area contributed by atoms with E-state index in [1.165, 1.54) is 10.5 Å². The summed E-state index contributed by atoms with van der Waals surface area (Å²) in [5, 5.41) is 14.3. The summed E-state index contributed by atoms with van der Waals surface area (Å²) in [7, 11) is 0. The Hall–Kier alpha value is -3.81. The van der Waals surface area contributed by atoms with Gasteiger partial charge in [-0.15, -0.1) is 0 Å². The van der Waals surface area contributed by atoms with Crippen molar-refractivity contribution in [2.45, 2.75) is 44.0 Å². The number of nitrogens with one attached hydrogen (secondary N) is 2. The van der Waals surface area contributed by atoms with Crippen molar-refractivity contribution >= 4 is 22.8 Å². The number of aliphatic hydroxyl groups excluding tert-OH is 1. The molecule has 176 valence electrons. The molecule has 1 fully saturated rings. The highest BCUT2D eigenvalue weighted by Gasteiger charge is 2.35. The number of aromatic nitrogens is 2. The van der Waals surface area contributed by atoms with E-state index in [2.05, 4.69) is 27.4 Å². The number of carbonyl (C=O) groups excluding carboxylic acids is 2. The minimum absolute atomic E-state index is 0.0459.